The van der Waals surface area contributed by atoms with Crippen LogP contribution < -0.4 is 4.74 Å². The van der Waals surface area contributed by atoms with E-state index in [1.807, 2.05) is 6.07 Å². The fraction of sp³-hybridized carbons (Fsp3) is 0.0714. The second kappa shape index (κ2) is 4.67. The van der Waals surface area contributed by atoms with Crippen molar-refractivity contribution < 1.29 is 9.13 Å². The summed E-state index contributed by atoms with van der Waals surface area (Å²) in [7, 11) is 0. The summed E-state index contributed by atoms with van der Waals surface area (Å²) in [5.41, 5.74) is 1.08. The van der Waals surface area contributed by atoms with Gasteiger partial charge in [0.2, 0.25) is 0 Å². The maximum Gasteiger partial charge on any atom is 0.130 e. The van der Waals surface area contributed by atoms with Gasteiger partial charge in [-0.1, -0.05) is 12.1 Å². The van der Waals surface area contributed by atoms with Crippen molar-refractivity contribution in [2.75, 3.05) is 0 Å². The first kappa shape index (κ1) is 11.2. The maximum atomic E-state index is 13.3. The minimum absolute atomic E-state index is 0.307. The highest BCUT2D eigenvalue weighted by molar-refractivity contribution is 5.39. The number of hydrogen-bond acceptors (Lipinski definition) is 2. The lowest BCUT2D eigenvalue weighted by Gasteiger charge is -2.06. The van der Waals surface area contributed by atoms with Crippen LogP contribution in [0, 0.1) is 24.1 Å². The third kappa shape index (κ3) is 2.61. The Balaban J connectivity index is 2.25. The lowest BCUT2D eigenvalue weighted by Crippen LogP contribution is -1.88. The summed E-state index contributed by atoms with van der Waals surface area (Å²) in [6, 6.07) is 13.4. The van der Waals surface area contributed by atoms with Gasteiger partial charge in [-0.05, 0) is 36.8 Å². The number of nitriles is 1. The zero-order valence-corrected chi connectivity index (χ0v) is 9.27. The highest BCUT2D eigenvalue weighted by Gasteiger charge is 2.02. The average Bonchev–Trinajstić information content (AvgIpc) is 2.34. The van der Waals surface area contributed by atoms with E-state index in [1.54, 1.807) is 43.3 Å². The fourth-order valence-corrected chi connectivity index (χ4v) is 1.40. The maximum absolute atomic E-state index is 13.3. The topological polar surface area (TPSA) is 33.0 Å². The normalized spacial score (nSPS) is 9.71. The lowest BCUT2D eigenvalue weighted by molar-refractivity contribution is 0.476. The quantitative estimate of drug-likeness (QED) is 0.781. The molecule has 0 amide bonds. The molecule has 0 saturated carbocycles. The number of ether oxygens (including phenoxy) is 1. The van der Waals surface area contributed by atoms with Crippen LogP contribution >= 0.6 is 0 Å². The fourth-order valence-electron chi connectivity index (χ4n) is 1.40. The second-order valence-corrected chi connectivity index (χ2v) is 3.65. The molecule has 0 radical (unpaired) electrons. The summed E-state index contributed by atoms with van der Waals surface area (Å²) in [5.74, 6) is 0.634. The van der Waals surface area contributed by atoms with E-state index >= 15 is 0 Å². The van der Waals surface area contributed by atoms with Gasteiger partial charge in [0, 0.05) is 6.07 Å². The Morgan fingerprint density at radius 1 is 1.12 bits per heavy atom. The van der Waals surface area contributed by atoms with Crippen LogP contribution in [0.15, 0.2) is 42.5 Å². The molecule has 0 spiro atoms. The van der Waals surface area contributed by atoms with Crippen LogP contribution in [0.2, 0.25) is 0 Å². The minimum Gasteiger partial charge on any atom is -0.457 e. The van der Waals surface area contributed by atoms with Crippen molar-refractivity contribution in [3.8, 4) is 17.6 Å². The molecule has 17 heavy (non-hydrogen) atoms. The molecule has 0 saturated heterocycles. The largest absolute Gasteiger partial charge is 0.457 e. The van der Waals surface area contributed by atoms with E-state index in [0.29, 0.717) is 22.6 Å². The summed E-state index contributed by atoms with van der Waals surface area (Å²) in [5, 5.41) is 8.74. The third-order valence-electron chi connectivity index (χ3n) is 2.34. The van der Waals surface area contributed by atoms with Gasteiger partial charge in [0.15, 0.2) is 0 Å². The molecule has 84 valence electrons. The van der Waals surface area contributed by atoms with Crippen LogP contribution in [0.25, 0.3) is 0 Å². The Morgan fingerprint density at radius 2 is 1.88 bits per heavy atom. The van der Waals surface area contributed by atoms with Crippen molar-refractivity contribution in [2.45, 2.75) is 6.92 Å². The summed E-state index contributed by atoms with van der Waals surface area (Å²) >= 11 is 0. The van der Waals surface area contributed by atoms with Crippen molar-refractivity contribution >= 4 is 0 Å². The van der Waals surface area contributed by atoms with Gasteiger partial charge in [-0.15, -0.1) is 0 Å². The van der Waals surface area contributed by atoms with Gasteiger partial charge in [0.25, 0.3) is 0 Å². The number of benzene rings is 2. The highest BCUT2D eigenvalue weighted by atomic mass is 19.1. The molecule has 0 heterocycles. The van der Waals surface area contributed by atoms with Gasteiger partial charge in [-0.25, -0.2) is 4.39 Å². The molecule has 0 aliphatic rings. The molecule has 0 aliphatic carbocycles. The number of halogens is 1. The zero-order chi connectivity index (χ0) is 12.3. The first-order valence-electron chi connectivity index (χ1n) is 5.13. The van der Waals surface area contributed by atoms with E-state index in [-0.39, 0.29) is 5.82 Å². The Hall–Kier alpha value is -2.34. The first-order chi connectivity index (χ1) is 8.19. The standard InChI is InChI=1S/C14H10FNO/c1-10-5-6-13(8-14(10)15)17-12-4-2-3-11(7-12)9-16/h2-8H,1H3. The number of nitrogens with zero attached hydrogens (tertiary/aromatic N) is 1. The Labute approximate surface area is 98.9 Å². The smallest absolute Gasteiger partial charge is 0.130 e. The molecule has 0 N–H and O–H groups in total. The third-order valence-corrected chi connectivity index (χ3v) is 2.34. The van der Waals surface area contributed by atoms with Gasteiger partial charge in [-0.2, -0.15) is 5.26 Å². The molecule has 0 aliphatic heterocycles. The molecule has 0 atom stereocenters. The molecular weight excluding hydrogens is 217 g/mol. The minimum atomic E-state index is -0.307. The summed E-state index contributed by atoms with van der Waals surface area (Å²) in [6.45, 7) is 1.69. The van der Waals surface area contributed by atoms with Crippen molar-refractivity contribution in [1.29, 1.82) is 5.26 Å². The molecule has 0 unspecified atom stereocenters. The lowest BCUT2D eigenvalue weighted by atomic mass is 10.2. The van der Waals surface area contributed by atoms with Gasteiger partial charge in [0.05, 0.1) is 11.6 Å². The highest BCUT2D eigenvalue weighted by Crippen LogP contribution is 2.23. The summed E-state index contributed by atoms with van der Waals surface area (Å²) in [4.78, 5) is 0. The summed E-state index contributed by atoms with van der Waals surface area (Å²) < 4.78 is 18.8. The molecule has 2 rings (SSSR count). The SMILES string of the molecule is Cc1ccc(Oc2cccc(C#N)c2)cc1F. The molecular formula is C14H10FNO. The van der Waals surface area contributed by atoms with Crippen molar-refractivity contribution in [3.63, 3.8) is 0 Å². The van der Waals surface area contributed by atoms with E-state index < -0.39 is 0 Å². The van der Waals surface area contributed by atoms with Crippen LogP contribution in [0.4, 0.5) is 4.39 Å². The monoisotopic (exact) mass is 227 g/mol. The molecule has 0 bridgehead atoms. The Morgan fingerprint density at radius 3 is 2.59 bits per heavy atom. The van der Waals surface area contributed by atoms with Crippen molar-refractivity contribution in [2.24, 2.45) is 0 Å². The van der Waals surface area contributed by atoms with E-state index in [0.717, 1.165) is 0 Å². The Bertz CT molecular complexity index is 587. The van der Waals surface area contributed by atoms with Crippen molar-refractivity contribution in [3.05, 3.63) is 59.4 Å². The number of hydrogen-bond donors (Lipinski definition) is 0. The molecule has 2 aromatic carbocycles. The van der Waals surface area contributed by atoms with E-state index in [2.05, 4.69) is 0 Å². The van der Waals surface area contributed by atoms with E-state index in [9.17, 15) is 4.39 Å². The van der Waals surface area contributed by atoms with Gasteiger partial charge < -0.3 is 4.74 Å². The molecule has 0 fully saturated rings. The van der Waals surface area contributed by atoms with Crippen LogP contribution in [-0.4, -0.2) is 0 Å². The predicted octanol–water partition coefficient (Wildman–Crippen LogP) is 3.80. The molecule has 2 nitrogen and oxygen atoms in total. The van der Waals surface area contributed by atoms with Crippen LogP contribution in [0.1, 0.15) is 11.1 Å². The zero-order valence-electron chi connectivity index (χ0n) is 9.27. The van der Waals surface area contributed by atoms with Gasteiger partial charge in [-0.3, -0.25) is 0 Å². The number of rotatable bonds is 2. The van der Waals surface area contributed by atoms with E-state index in [1.165, 1.54) is 6.07 Å². The molecule has 0 aromatic heterocycles. The van der Waals surface area contributed by atoms with Crippen molar-refractivity contribution in [1.82, 2.24) is 0 Å². The predicted molar refractivity (Wildman–Crippen MR) is 62.4 cm³/mol. The molecule has 3 heteroatoms. The summed E-state index contributed by atoms with van der Waals surface area (Å²) in [6.07, 6.45) is 0. The Kier molecular flexibility index (Phi) is 3.06. The first-order valence-corrected chi connectivity index (χ1v) is 5.13. The number of aryl methyl sites for hydroxylation is 1. The van der Waals surface area contributed by atoms with Crippen LogP contribution in [0.3, 0.4) is 0 Å². The van der Waals surface area contributed by atoms with Crippen LogP contribution in [0.5, 0.6) is 11.5 Å². The van der Waals surface area contributed by atoms with E-state index in [4.69, 9.17) is 10.00 Å². The molecule has 2 aromatic rings. The average molecular weight is 227 g/mol. The second-order valence-electron chi connectivity index (χ2n) is 3.65. The van der Waals surface area contributed by atoms with Crippen LogP contribution in [-0.2, 0) is 0 Å². The van der Waals surface area contributed by atoms with Gasteiger partial charge >= 0.3 is 0 Å². The van der Waals surface area contributed by atoms with Gasteiger partial charge in [0.1, 0.15) is 17.3 Å².